The molecule has 1 aromatic carbocycles. The Hall–Kier alpha value is -1.39. The number of benzene rings is 1. The maximum Gasteiger partial charge on any atom is 0.227 e. The Morgan fingerprint density at radius 3 is 2.80 bits per heavy atom. The van der Waals surface area contributed by atoms with Crippen LogP contribution in [-0.4, -0.2) is 10.9 Å². The number of aromatic nitrogens is 1. The molecule has 1 aliphatic carbocycles. The molecule has 2 aromatic rings. The summed E-state index contributed by atoms with van der Waals surface area (Å²) in [5.74, 6) is -0.00540. The van der Waals surface area contributed by atoms with Crippen molar-refractivity contribution in [3.05, 3.63) is 52.0 Å². The number of hydrogen-bond acceptors (Lipinski definition) is 3. The molecule has 0 radical (unpaired) electrons. The van der Waals surface area contributed by atoms with Gasteiger partial charge in [0.1, 0.15) is 5.01 Å². The number of amides is 1. The van der Waals surface area contributed by atoms with Crippen LogP contribution in [0.15, 0.2) is 35.7 Å². The highest BCUT2D eigenvalue weighted by molar-refractivity contribution is 7.09. The molecule has 0 atom stereocenters. The molecule has 104 valence electrons. The highest BCUT2D eigenvalue weighted by Crippen LogP contribution is 2.51. The average Bonchev–Trinajstić information content (AvgIpc) is 3.03. The van der Waals surface area contributed by atoms with Crippen LogP contribution in [0.1, 0.15) is 29.1 Å². The van der Waals surface area contributed by atoms with Crippen molar-refractivity contribution >= 4 is 28.8 Å². The van der Waals surface area contributed by atoms with Gasteiger partial charge in [-0.15, -0.1) is 22.9 Å². The summed E-state index contributed by atoms with van der Waals surface area (Å²) in [6.45, 7) is 0.553. The fraction of sp³-hybridized carbons (Fsp3) is 0.333. The normalized spacial score (nSPS) is 15.8. The van der Waals surface area contributed by atoms with Crippen LogP contribution in [0, 0.1) is 0 Å². The lowest BCUT2D eigenvalue weighted by molar-refractivity contribution is -0.120. The van der Waals surface area contributed by atoms with Crippen LogP contribution in [-0.2, 0) is 22.6 Å². The molecule has 0 spiro atoms. The fourth-order valence-corrected chi connectivity index (χ4v) is 3.11. The quantitative estimate of drug-likeness (QED) is 0.862. The smallest absolute Gasteiger partial charge is 0.227 e. The van der Waals surface area contributed by atoms with Gasteiger partial charge < -0.3 is 5.32 Å². The Kier molecular flexibility index (Phi) is 3.76. The number of nitrogens with one attached hydrogen (secondary N) is 1. The minimum absolute atomic E-state index is 0.00540. The van der Waals surface area contributed by atoms with Crippen LogP contribution in [0.2, 0.25) is 0 Å². The standard InChI is InChI=1S/C15H15ClN2OS/c16-15(6-7-15)12-10-20-14(18-12)8-13(19)17-9-11-4-2-1-3-5-11/h1-5,10H,6-9H2,(H,17,19). The molecule has 1 aliphatic rings. The molecular weight excluding hydrogens is 292 g/mol. The highest BCUT2D eigenvalue weighted by atomic mass is 35.5. The number of hydrogen-bond donors (Lipinski definition) is 1. The van der Waals surface area contributed by atoms with Crippen LogP contribution in [0.25, 0.3) is 0 Å². The first-order chi connectivity index (χ1) is 9.66. The highest BCUT2D eigenvalue weighted by Gasteiger charge is 2.44. The van der Waals surface area contributed by atoms with Crippen molar-refractivity contribution in [1.29, 1.82) is 0 Å². The van der Waals surface area contributed by atoms with Gasteiger partial charge in [-0.25, -0.2) is 4.98 Å². The number of nitrogens with zero attached hydrogens (tertiary/aromatic N) is 1. The summed E-state index contributed by atoms with van der Waals surface area (Å²) in [5.41, 5.74) is 2.02. The Labute approximate surface area is 127 Å². The third kappa shape index (κ3) is 3.19. The van der Waals surface area contributed by atoms with Crippen molar-refractivity contribution in [2.45, 2.75) is 30.7 Å². The van der Waals surface area contributed by atoms with Crippen molar-refractivity contribution in [2.75, 3.05) is 0 Å². The largest absolute Gasteiger partial charge is 0.352 e. The third-order valence-corrected chi connectivity index (χ3v) is 4.76. The Morgan fingerprint density at radius 1 is 1.35 bits per heavy atom. The van der Waals surface area contributed by atoms with Crippen LogP contribution in [0.3, 0.4) is 0 Å². The summed E-state index contributed by atoms with van der Waals surface area (Å²) in [4.78, 5) is 16.1. The number of halogens is 1. The summed E-state index contributed by atoms with van der Waals surface area (Å²) < 4.78 is 0. The van der Waals surface area contributed by atoms with Crippen LogP contribution in [0.4, 0.5) is 0 Å². The summed E-state index contributed by atoms with van der Waals surface area (Å²) in [6.07, 6.45) is 2.29. The summed E-state index contributed by atoms with van der Waals surface area (Å²) in [5, 5.41) is 5.71. The molecular formula is C15H15ClN2OS. The summed E-state index contributed by atoms with van der Waals surface area (Å²) >= 11 is 7.81. The SMILES string of the molecule is O=C(Cc1nc(C2(Cl)CC2)cs1)NCc1ccccc1. The molecule has 1 saturated carbocycles. The average molecular weight is 307 g/mol. The third-order valence-electron chi connectivity index (χ3n) is 3.34. The first-order valence-electron chi connectivity index (χ1n) is 6.60. The van der Waals surface area contributed by atoms with Crippen molar-refractivity contribution < 1.29 is 4.79 Å². The molecule has 0 unspecified atom stereocenters. The maximum absolute atomic E-state index is 11.9. The predicted molar refractivity (Wildman–Crippen MR) is 80.9 cm³/mol. The number of rotatable bonds is 5. The van der Waals surface area contributed by atoms with E-state index in [1.807, 2.05) is 35.7 Å². The van der Waals surface area contributed by atoms with E-state index in [2.05, 4.69) is 10.3 Å². The second-order valence-corrected chi connectivity index (χ2v) is 6.70. The van der Waals surface area contributed by atoms with E-state index in [0.717, 1.165) is 29.1 Å². The van der Waals surface area contributed by atoms with Crippen LogP contribution >= 0.6 is 22.9 Å². The molecule has 0 bridgehead atoms. The molecule has 5 heteroatoms. The molecule has 0 aliphatic heterocycles. The van der Waals surface area contributed by atoms with Gasteiger partial charge in [0.15, 0.2) is 0 Å². The second kappa shape index (κ2) is 5.54. The van der Waals surface area contributed by atoms with Crippen LogP contribution < -0.4 is 5.32 Å². The first kappa shape index (κ1) is 13.6. The maximum atomic E-state index is 11.9. The van der Waals surface area contributed by atoms with Gasteiger partial charge in [-0.2, -0.15) is 0 Å². The lowest BCUT2D eigenvalue weighted by Gasteiger charge is -2.04. The van der Waals surface area contributed by atoms with E-state index in [-0.39, 0.29) is 10.8 Å². The zero-order valence-electron chi connectivity index (χ0n) is 10.9. The Balaban J connectivity index is 1.52. The molecule has 20 heavy (non-hydrogen) atoms. The molecule has 3 rings (SSSR count). The molecule has 1 heterocycles. The van der Waals surface area contributed by atoms with Gasteiger partial charge >= 0.3 is 0 Å². The molecule has 1 aromatic heterocycles. The van der Waals surface area contributed by atoms with Gasteiger partial charge in [0.05, 0.1) is 17.0 Å². The number of thiazole rings is 1. The minimum atomic E-state index is -0.241. The van der Waals surface area contributed by atoms with Gasteiger partial charge in [0.25, 0.3) is 0 Å². The van der Waals surface area contributed by atoms with Gasteiger partial charge in [0.2, 0.25) is 5.91 Å². The van der Waals surface area contributed by atoms with E-state index >= 15 is 0 Å². The fourth-order valence-electron chi connectivity index (χ4n) is 1.96. The molecule has 0 saturated heterocycles. The zero-order chi connectivity index (χ0) is 14.0. The minimum Gasteiger partial charge on any atom is -0.352 e. The number of carbonyl (C=O) groups excluding carboxylic acids is 1. The number of alkyl halides is 1. The van der Waals surface area contributed by atoms with Gasteiger partial charge in [-0.1, -0.05) is 30.3 Å². The van der Waals surface area contributed by atoms with E-state index in [9.17, 15) is 4.79 Å². The van der Waals surface area contributed by atoms with Gasteiger partial charge in [-0.3, -0.25) is 4.79 Å². The van der Waals surface area contributed by atoms with E-state index < -0.39 is 0 Å². The van der Waals surface area contributed by atoms with Crippen molar-refractivity contribution in [2.24, 2.45) is 0 Å². The molecule has 1 amide bonds. The number of carbonyl (C=O) groups is 1. The Bertz CT molecular complexity index is 607. The molecule has 1 fully saturated rings. The summed E-state index contributed by atoms with van der Waals surface area (Å²) in [7, 11) is 0. The predicted octanol–water partition coefficient (Wildman–Crippen LogP) is 3.23. The first-order valence-corrected chi connectivity index (χ1v) is 7.86. The molecule has 3 nitrogen and oxygen atoms in total. The van der Waals surface area contributed by atoms with Gasteiger partial charge in [-0.05, 0) is 18.4 Å². The van der Waals surface area contributed by atoms with Crippen molar-refractivity contribution in [3.8, 4) is 0 Å². The molecule has 1 N–H and O–H groups in total. The van der Waals surface area contributed by atoms with E-state index in [4.69, 9.17) is 11.6 Å². The van der Waals surface area contributed by atoms with Crippen LogP contribution in [0.5, 0.6) is 0 Å². The second-order valence-electron chi connectivity index (χ2n) is 5.03. The Morgan fingerprint density at radius 2 is 2.10 bits per heavy atom. The van der Waals surface area contributed by atoms with E-state index in [0.29, 0.717) is 13.0 Å². The topological polar surface area (TPSA) is 42.0 Å². The van der Waals surface area contributed by atoms with E-state index in [1.54, 1.807) is 0 Å². The lowest BCUT2D eigenvalue weighted by atomic mass is 10.2. The van der Waals surface area contributed by atoms with Crippen molar-refractivity contribution in [3.63, 3.8) is 0 Å². The monoisotopic (exact) mass is 306 g/mol. The summed E-state index contributed by atoms with van der Waals surface area (Å²) in [6, 6.07) is 9.87. The zero-order valence-corrected chi connectivity index (χ0v) is 12.5. The lowest BCUT2D eigenvalue weighted by Crippen LogP contribution is -2.24. The van der Waals surface area contributed by atoms with Crippen molar-refractivity contribution in [1.82, 2.24) is 10.3 Å². The van der Waals surface area contributed by atoms with E-state index in [1.165, 1.54) is 11.3 Å². The van der Waals surface area contributed by atoms with Gasteiger partial charge in [0, 0.05) is 11.9 Å².